The minimum atomic E-state index is 0.995. The van der Waals surface area contributed by atoms with E-state index in [0.29, 0.717) is 0 Å². The Bertz CT molecular complexity index is 270. The van der Waals surface area contributed by atoms with Crippen LogP contribution >= 0.6 is 0 Å². The maximum atomic E-state index is 3.72. The van der Waals surface area contributed by atoms with E-state index >= 15 is 0 Å². The molecule has 0 unspecified atom stereocenters. The van der Waals surface area contributed by atoms with Crippen molar-refractivity contribution in [1.29, 1.82) is 0 Å². The van der Waals surface area contributed by atoms with Gasteiger partial charge >= 0.3 is 0 Å². The Labute approximate surface area is 108 Å². The summed E-state index contributed by atoms with van der Waals surface area (Å²) in [5.74, 6) is 0. The molecule has 0 heterocycles. The van der Waals surface area contributed by atoms with Gasteiger partial charge in [-0.3, -0.25) is 0 Å². The first-order valence-electron chi connectivity index (χ1n) is 6.84. The molecule has 0 rings (SSSR count). The van der Waals surface area contributed by atoms with Gasteiger partial charge in [0.05, 0.1) is 0 Å². The zero-order chi connectivity index (χ0) is 12.9. The molecule has 0 amide bonds. The summed E-state index contributed by atoms with van der Waals surface area (Å²) < 4.78 is 0. The van der Waals surface area contributed by atoms with E-state index in [0.717, 1.165) is 19.3 Å². The first-order valence-corrected chi connectivity index (χ1v) is 6.84. The van der Waals surface area contributed by atoms with Gasteiger partial charge < -0.3 is 0 Å². The fourth-order valence-corrected chi connectivity index (χ4v) is 1.69. The van der Waals surface area contributed by atoms with Gasteiger partial charge in [-0.05, 0) is 45.4 Å². The molecule has 0 saturated heterocycles. The van der Waals surface area contributed by atoms with Gasteiger partial charge in [-0.2, -0.15) is 0 Å². The van der Waals surface area contributed by atoms with E-state index in [-0.39, 0.29) is 0 Å². The van der Waals surface area contributed by atoms with Crippen LogP contribution in [-0.4, -0.2) is 0 Å². The second-order valence-corrected chi connectivity index (χ2v) is 4.39. The molecule has 0 saturated carbocycles. The molecule has 0 N–H and O–H groups in total. The summed E-state index contributed by atoms with van der Waals surface area (Å²) in [6, 6.07) is 0. The quantitative estimate of drug-likeness (QED) is 0.429. The zero-order valence-electron chi connectivity index (χ0n) is 11.8. The molecule has 0 aromatic carbocycles. The molecule has 17 heavy (non-hydrogen) atoms. The van der Waals surface area contributed by atoms with E-state index in [4.69, 9.17) is 0 Å². The first kappa shape index (κ1) is 16.0. The smallest absolute Gasteiger partial charge is 0.0167 e. The highest BCUT2D eigenvalue weighted by Gasteiger charge is 1.88. The van der Waals surface area contributed by atoms with Crippen molar-refractivity contribution in [2.24, 2.45) is 0 Å². The lowest BCUT2D eigenvalue weighted by Crippen LogP contribution is -1.77. The molecule has 0 aromatic rings. The van der Waals surface area contributed by atoms with Crippen LogP contribution in [0.25, 0.3) is 0 Å². The Balaban J connectivity index is 3.75. The van der Waals surface area contributed by atoms with Crippen molar-refractivity contribution in [3.05, 3.63) is 48.1 Å². The summed E-state index contributed by atoms with van der Waals surface area (Å²) in [5.41, 5.74) is 3.03. The lowest BCUT2D eigenvalue weighted by atomic mass is 10.1. The minimum absolute atomic E-state index is 0.995. The molecule has 0 aliphatic heterocycles. The number of allylic oxidation sites excluding steroid dienone is 7. The van der Waals surface area contributed by atoms with Crippen molar-refractivity contribution in [3.63, 3.8) is 0 Å². The first-order chi connectivity index (χ1) is 8.24. The molecule has 0 bridgehead atoms. The average molecular weight is 232 g/mol. The van der Waals surface area contributed by atoms with Gasteiger partial charge in [0.2, 0.25) is 0 Å². The van der Waals surface area contributed by atoms with Crippen molar-refractivity contribution < 1.29 is 0 Å². The third-order valence-corrected chi connectivity index (χ3v) is 2.96. The highest BCUT2D eigenvalue weighted by molar-refractivity contribution is 5.05. The molecular formula is C17H28. The largest absolute Gasteiger partial charge is 0.103 e. The lowest BCUT2D eigenvalue weighted by Gasteiger charge is -1.98. The molecule has 0 aliphatic carbocycles. The van der Waals surface area contributed by atoms with Crippen LogP contribution in [0.2, 0.25) is 0 Å². The van der Waals surface area contributed by atoms with Gasteiger partial charge in [0, 0.05) is 0 Å². The monoisotopic (exact) mass is 232 g/mol. The van der Waals surface area contributed by atoms with Crippen LogP contribution in [0.1, 0.15) is 59.3 Å². The SMILES string of the molecule is C=CCC=C(C)CCC=CCC=C(CC)CC. The highest BCUT2D eigenvalue weighted by atomic mass is 13.9. The molecule has 0 atom stereocenters. The zero-order valence-corrected chi connectivity index (χ0v) is 11.8. The molecule has 0 nitrogen and oxygen atoms in total. The topological polar surface area (TPSA) is 0 Å². The van der Waals surface area contributed by atoms with Crippen LogP contribution in [0.3, 0.4) is 0 Å². The lowest BCUT2D eigenvalue weighted by molar-refractivity contribution is 0.953. The fraction of sp³-hybridized carbons (Fsp3) is 0.529. The van der Waals surface area contributed by atoms with Gasteiger partial charge in [0.1, 0.15) is 0 Å². The molecule has 0 radical (unpaired) electrons. The van der Waals surface area contributed by atoms with Crippen LogP contribution in [0.5, 0.6) is 0 Å². The van der Waals surface area contributed by atoms with Crippen LogP contribution in [-0.2, 0) is 0 Å². The summed E-state index contributed by atoms with van der Waals surface area (Å²) in [7, 11) is 0. The maximum absolute atomic E-state index is 3.72. The molecule has 0 spiro atoms. The Morgan fingerprint density at radius 1 is 1.00 bits per heavy atom. The predicted molar refractivity (Wildman–Crippen MR) is 80.2 cm³/mol. The second-order valence-electron chi connectivity index (χ2n) is 4.39. The second kappa shape index (κ2) is 11.4. The van der Waals surface area contributed by atoms with Crippen molar-refractivity contribution in [3.8, 4) is 0 Å². The molecule has 0 aliphatic rings. The van der Waals surface area contributed by atoms with Crippen molar-refractivity contribution >= 4 is 0 Å². The summed E-state index contributed by atoms with van der Waals surface area (Å²) in [4.78, 5) is 0. The van der Waals surface area contributed by atoms with Crippen molar-refractivity contribution in [1.82, 2.24) is 0 Å². The third-order valence-electron chi connectivity index (χ3n) is 2.96. The van der Waals surface area contributed by atoms with Crippen molar-refractivity contribution in [2.75, 3.05) is 0 Å². The Kier molecular flexibility index (Phi) is 10.7. The summed E-state index contributed by atoms with van der Waals surface area (Å²) in [6.45, 7) is 10.4. The molecule has 96 valence electrons. The molecule has 0 fully saturated rings. The van der Waals surface area contributed by atoms with E-state index in [1.54, 1.807) is 5.57 Å². The van der Waals surface area contributed by atoms with Gasteiger partial charge in [-0.15, -0.1) is 6.58 Å². The maximum Gasteiger partial charge on any atom is -0.0167 e. The van der Waals surface area contributed by atoms with E-state index in [1.807, 2.05) is 6.08 Å². The van der Waals surface area contributed by atoms with Crippen LogP contribution in [0.4, 0.5) is 0 Å². The van der Waals surface area contributed by atoms with Crippen LogP contribution in [0, 0.1) is 0 Å². The van der Waals surface area contributed by atoms with Gasteiger partial charge in [-0.1, -0.05) is 55.4 Å². The fourth-order valence-electron chi connectivity index (χ4n) is 1.69. The summed E-state index contributed by atoms with van der Waals surface area (Å²) in [6.07, 6.45) is 17.9. The summed E-state index contributed by atoms with van der Waals surface area (Å²) in [5, 5.41) is 0. The van der Waals surface area contributed by atoms with Crippen LogP contribution < -0.4 is 0 Å². The van der Waals surface area contributed by atoms with E-state index < -0.39 is 0 Å². The van der Waals surface area contributed by atoms with E-state index in [2.05, 4.69) is 51.7 Å². The predicted octanol–water partition coefficient (Wildman–Crippen LogP) is 5.98. The van der Waals surface area contributed by atoms with E-state index in [9.17, 15) is 0 Å². The standard InChI is InChI=1S/C17H28/c1-5-8-13-16(4)14-11-9-10-12-15-17(6-2)7-3/h5,9-10,13,15H,1,6-8,11-12,14H2,2-4H3. The highest BCUT2D eigenvalue weighted by Crippen LogP contribution is 2.08. The normalized spacial score (nSPS) is 11.8. The molecule has 0 aromatic heterocycles. The molecule has 0 heteroatoms. The summed E-state index contributed by atoms with van der Waals surface area (Å²) >= 11 is 0. The van der Waals surface area contributed by atoms with E-state index in [1.165, 1.54) is 24.8 Å². The third kappa shape index (κ3) is 9.86. The minimum Gasteiger partial charge on any atom is -0.103 e. The van der Waals surface area contributed by atoms with Crippen molar-refractivity contribution in [2.45, 2.75) is 59.3 Å². The number of hydrogen-bond acceptors (Lipinski definition) is 0. The number of hydrogen-bond donors (Lipinski definition) is 0. The molecular weight excluding hydrogens is 204 g/mol. The average Bonchev–Trinajstić information content (AvgIpc) is 2.35. The van der Waals surface area contributed by atoms with Crippen LogP contribution in [0.15, 0.2) is 48.1 Å². The number of rotatable bonds is 9. The Hall–Kier alpha value is -1.04. The van der Waals surface area contributed by atoms with Gasteiger partial charge in [0.25, 0.3) is 0 Å². The van der Waals surface area contributed by atoms with Gasteiger partial charge in [0.15, 0.2) is 0 Å². The Morgan fingerprint density at radius 3 is 2.29 bits per heavy atom. The van der Waals surface area contributed by atoms with Gasteiger partial charge in [-0.25, -0.2) is 0 Å². The Morgan fingerprint density at radius 2 is 1.71 bits per heavy atom.